The third-order valence-electron chi connectivity index (χ3n) is 7.47. The molecule has 35 heavy (non-hydrogen) atoms. The smallest absolute Gasteiger partial charge is 0.162 e. The standard InChI is InChI=1S/C28H33ClF2N2O2/c1-35-21-9-10-26-23(17-21)22(24(29)18-32-26)7-3-11-28(19-34)12-15-33(16-13-28)14-4-6-20-5-2-8-25(30)27(20)31/h2,5,8-10,17-18,34H,3-4,6-7,11-16,19H2,1H3. The van der Waals surface area contributed by atoms with Gasteiger partial charge in [-0.25, -0.2) is 8.78 Å². The average molecular weight is 503 g/mol. The highest BCUT2D eigenvalue weighted by atomic mass is 35.5. The molecular formula is C28H33ClF2N2O2. The van der Waals surface area contributed by atoms with Gasteiger partial charge in [0, 0.05) is 18.2 Å². The van der Waals surface area contributed by atoms with Gasteiger partial charge in [-0.3, -0.25) is 4.98 Å². The second-order valence-corrected chi connectivity index (χ2v) is 10.0. The maximum absolute atomic E-state index is 13.9. The summed E-state index contributed by atoms with van der Waals surface area (Å²) in [4.78, 5) is 6.80. The summed E-state index contributed by atoms with van der Waals surface area (Å²) < 4.78 is 32.7. The first-order chi connectivity index (χ1) is 16.9. The molecule has 0 spiro atoms. The van der Waals surface area contributed by atoms with Crippen LogP contribution in [0.25, 0.3) is 10.9 Å². The zero-order valence-electron chi connectivity index (χ0n) is 20.2. The zero-order valence-corrected chi connectivity index (χ0v) is 21.0. The van der Waals surface area contributed by atoms with Crippen molar-refractivity contribution in [3.63, 3.8) is 0 Å². The highest BCUT2D eigenvalue weighted by molar-refractivity contribution is 6.32. The summed E-state index contributed by atoms with van der Waals surface area (Å²) in [6.45, 7) is 2.83. The number of hydrogen-bond donors (Lipinski definition) is 1. The fraction of sp³-hybridized carbons (Fsp3) is 0.464. The van der Waals surface area contributed by atoms with Crippen LogP contribution in [0.2, 0.25) is 5.02 Å². The molecule has 0 unspecified atom stereocenters. The van der Waals surface area contributed by atoms with E-state index in [2.05, 4.69) is 9.88 Å². The number of piperidine rings is 1. The normalized spacial score (nSPS) is 16.0. The van der Waals surface area contributed by atoms with Crippen LogP contribution in [-0.4, -0.2) is 48.3 Å². The van der Waals surface area contributed by atoms with E-state index in [1.54, 1.807) is 25.4 Å². The second-order valence-electron chi connectivity index (χ2n) is 9.64. The molecule has 2 aromatic carbocycles. The van der Waals surface area contributed by atoms with Crippen molar-refractivity contribution in [1.29, 1.82) is 0 Å². The van der Waals surface area contributed by atoms with Gasteiger partial charge < -0.3 is 14.7 Å². The number of aromatic nitrogens is 1. The maximum Gasteiger partial charge on any atom is 0.162 e. The number of aliphatic hydroxyl groups is 1. The summed E-state index contributed by atoms with van der Waals surface area (Å²) in [5, 5.41) is 11.9. The highest BCUT2D eigenvalue weighted by Crippen LogP contribution is 2.37. The summed E-state index contributed by atoms with van der Waals surface area (Å²) >= 11 is 6.52. The number of fused-ring (bicyclic) bond motifs is 1. The lowest BCUT2D eigenvalue weighted by molar-refractivity contribution is 0.0353. The van der Waals surface area contributed by atoms with E-state index in [1.165, 1.54) is 0 Å². The number of halogens is 3. The number of rotatable bonds is 10. The minimum atomic E-state index is -0.784. The quantitative estimate of drug-likeness (QED) is 0.358. The lowest BCUT2D eigenvalue weighted by atomic mass is 9.75. The van der Waals surface area contributed by atoms with Crippen LogP contribution in [0.5, 0.6) is 5.75 Å². The van der Waals surface area contributed by atoms with Gasteiger partial charge in [-0.1, -0.05) is 23.7 Å². The van der Waals surface area contributed by atoms with Crippen LogP contribution in [0.15, 0.2) is 42.6 Å². The molecule has 188 valence electrons. The zero-order chi connectivity index (χ0) is 24.8. The van der Waals surface area contributed by atoms with Crippen molar-refractivity contribution in [2.45, 2.75) is 44.9 Å². The number of ether oxygens (including phenoxy) is 1. The molecule has 1 aliphatic heterocycles. The fourth-order valence-electron chi connectivity index (χ4n) is 5.20. The van der Waals surface area contributed by atoms with Crippen LogP contribution in [-0.2, 0) is 12.8 Å². The van der Waals surface area contributed by atoms with E-state index in [0.717, 1.165) is 86.4 Å². The predicted molar refractivity (Wildman–Crippen MR) is 136 cm³/mol. The van der Waals surface area contributed by atoms with Crippen molar-refractivity contribution in [1.82, 2.24) is 9.88 Å². The van der Waals surface area contributed by atoms with Gasteiger partial charge in [-0.2, -0.15) is 0 Å². The molecule has 0 saturated carbocycles. The minimum absolute atomic E-state index is 0.0852. The van der Waals surface area contributed by atoms with Crippen LogP contribution >= 0.6 is 11.6 Å². The molecule has 7 heteroatoms. The van der Waals surface area contributed by atoms with Gasteiger partial charge in [0.2, 0.25) is 0 Å². The SMILES string of the molecule is COc1ccc2ncc(Cl)c(CCCC3(CO)CCN(CCCc4cccc(F)c4F)CC3)c2c1. The van der Waals surface area contributed by atoms with Gasteiger partial charge in [0.05, 0.1) is 17.6 Å². The molecule has 1 aliphatic rings. The third kappa shape index (κ3) is 6.11. The van der Waals surface area contributed by atoms with E-state index in [-0.39, 0.29) is 12.0 Å². The Labute approximate surface area is 210 Å². The first kappa shape index (κ1) is 25.8. The molecular weight excluding hydrogens is 470 g/mol. The Morgan fingerprint density at radius 3 is 2.66 bits per heavy atom. The molecule has 4 nitrogen and oxygen atoms in total. The van der Waals surface area contributed by atoms with E-state index in [0.29, 0.717) is 17.0 Å². The number of aryl methyl sites for hydroxylation is 2. The summed E-state index contributed by atoms with van der Waals surface area (Å²) in [7, 11) is 1.65. The van der Waals surface area contributed by atoms with Crippen LogP contribution in [0.3, 0.4) is 0 Å². The van der Waals surface area contributed by atoms with Gasteiger partial charge in [0.25, 0.3) is 0 Å². The minimum Gasteiger partial charge on any atom is -0.497 e. The monoisotopic (exact) mass is 502 g/mol. The van der Waals surface area contributed by atoms with Crippen LogP contribution in [0.4, 0.5) is 8.78 Å². The van der Waals surface area contributed by atoms with Crippen molar-refractivity contribution < 1.29 is 18.6 Å². The lowest BCUT2D eigenvalue weighted by Gasteiger charge is -2.41. The highest BCUT2D eigenvalue weighted by Gasteiger charge is 2.33. The molecule has 0 atom stereocenters. The van der Waals surface area contributed by atoms with E-state index < -0.39 is 11.6 Å². The molecule has 1 fully saturated rings. The van der Waals surface area contributed by atoms with Gasteiger partial charge in [0.1, 0.15) is 5.75 Å². The average Bonchev–Trinajstić information content (AvgIpc) is 2.88. The number of hydrogen-bond acceptors (Lipinski definition) is 4. The van der Waals surface area contributed by atoms with Crippen molar-refractivity contribution in [2.75, 3.05) is 33.4 Å². The van der Waals surface area contributed by atoms with Crippen LogP contribution in [0, 0.1) is 17.0 Å². The Kier molecular flexibility index (Phi) is 8.58. The molecule has 0 bridgehead atoms. The lowest BCUT2D eigenvalue weighted by Crippen LogP contribution is -2.42. The van der Waals surface area contributed by atoms with Crippen molar-refractivity contribution in [3.05, 3.63) is 70.4 Å². The van der Waals surface area contributed by atoms with E-state index in [1.807, 2.05) is 18.2 Å². The molecule has 3 aromatic rings. The van der Waals surface area contributed by atoms with E-state index in [9.17, 15) is 13.9 Å². The van der Waals surface area contributed by atoms with Crippen molar-refractivity contribution in [2.24, 2.45) is 5.41 Å². The third-order valence-corrected chi connectivity index (χ3v) is 7.80. The van der Waals surface area contributed by atoms with Gasteiger partial charge in [0.15, 0.2) is 11.6 Å². The fourth-order valence-corrected chi connectivity index (χ4v) is 5.44. The molecule has 2 heterocycles. The molecule has 0 aliphatic carbocycles. The molecule has 1 aromatic heterocycles. The molecule has 0 amide bonds. The number of benzene rings is 2. The Morgan fingerprint density at radius 2 is 1.91 bits per heavy atom. The van der Waals surface area contributed by atoms with Crippen LogP contribution in [0.1, 0.15) is 43.2 Å². The van der Waals surface area contributed by atoms with Crippen molar-refractivity contribution >= 4 is 22.5 Å². The van der Waals surface area contributed by atoms with Gasteiger partial charge in [-0.05, 0) is 105 Å². The topological polar surface area (TPSA) is 45.6 Å². The summed E-state index contributed by atoms with van der Waals surface area (Å²) in [6, 6.07) is 10.2. The summed E-state index contributed by atoms with van der Waals surface area (Å²) in [5.41, 5.74) is 2.32. The number of nitrogens with zero attached hydrogens (tertiary/aromatic N) is 2. The number of likely N-dealkylation sites (tertiary alicyclic amines) is 1. The number of methoxy groups -OCH3 is 1. The van der Waals surface area contributed by atoms with Gasteiger partial charge in [-0.15, -0.1) is 0 Å². The van der Waals surface area contributed by atoms with E-state index in [4.69, 9.17) is 16.3 Å². The molecule has 1 N–H and O–H groups in total. The Morgan fingerprint density at radius 1 is 1.11 bits per heavy atom. The van der Waals surface area contributed by atoms with Crippen molar-refractivity contribution in [3.8, 4) is 5.75 Å². The first-order valence-electron chi connectivity index (χ1n) is 12.3. The Bertz CT molecular complexity index is 1150. The summed E-state index contributed by atoms with van der Waals surface area (Å²) in [6.07, 6.45) is 7.54. The Hall–Kier alpha value is -2.28. The Balaban J connectivity index is 1.29. The predicted octanol–water partition coefficient (Wildman–Crippen LogP) is 6.21. The number of pyridine rings is 1. The summed E-state index contributed by atoms with van der Waals surface area (Å²) in [5.74, 6) is -0.735. The largest absolute Gasteiger partial charge is 0.497 e. The van der Waals surface area contributed by atoms with Crippen LogP contribution < -0.4 is 4.74 Å². The molecule has 1 saturated heterocycles. The van der Waals surface area contributed by atoms with Gasteiger partial charge >= 0.3 is 0 Å². The molecule has 0 radical (unpaired) electrons. The molecule has 4 rings (SSSR count). The maximum atomic E-state index is 13.9. The van der Waals surface area contributed by atoms with E-state index >= 15 is 0 Å². The number of aliphatic hydroxyl groups excluding tert-OH is 1. The second kappa shape index (κ2) is 11.6. The first-order valence-corrected chi connectivity index (χ1v) is 12.7.